The lowest BCUT2D eigenvalue weighted by molar-refractivity contribution is 0.531. The highest BCUT2D eigenvalue weighted by Gasteiger charge is 2.18. The normalized spacial score (nSPS) is 12.9. The highest BCUT2D eigenvalue weighted by atomic mass is 32.1. The van der Waals surface area contributed by atoms with Gasteiger partial charge in [0.15, 0.2) is 0 Å². The molecule has 3 aromatic heterocycles. The number of aromatic nitrogens is 4. The van der Waals surface area contributed by atoms with Crippen molar-refractivity contribution in [2.75, 3.05) is 6.54 Å². The van der Waals surface area contributed by atoms with Crippen LogP contribution in [0.4, 0.5) is 0 Å². The number of thiazole rings is 1. The summed E-state index contributed by atoms with van der Waals surface area (Å²) in [5.74, 6) is 0. The van der Waals surface area contributed by atoms with Crippen LogP contribution in [0.1, 0.15) is 35.7 Å². The van der Waals surface area contributed by atoms with Gasteiger partial charge in [-0.2, -0.15) is 5.10 Å². The first-order valence-corrected chi connectivity index (χ1v) is 8.07. The van der Waals surface area contributed by atoms with Crippen molar-refractivity contribution in [1.82, 2.24) is 24.9 Å². The lowest BCUT2D eigenvalue weighted by Gasteiger charge is -2.16. The van der Waals surface area contributed by atoms with Gasteiger partial charge in [-0.15, -0.1) is 11.3 Å². The monoisotopic (exact) mass is 301 g/mol. The molecule has 1 N–H and O–H groups in total. The molecule has 0 fully saturated rings. The molecule has 3 rings (SSSR count). The van der Waals surface area contributed by atoms with Gasteiger partial charge >= 0.3 is 0 Å². The van der Waals surface area contributed by atoms with Crippen LogP contribution in [-0.2, 0) is 6.42 Å². The summed E-state index contributed by atoms with van der Waals surface area (Å²) in [6.45, 7) is 5.19. The maximum Gasteiger partial charge on any atom is 0.0947 e. The van der Waals surface area contributed by atoms with E-state index in [2.05, 4.69) is 32.7 Å². The van der Waals surface area contributed by atoms with E-state index in [0.717, 1.165) is 35.6 Å². The summed E-state index contributed by atoms with van der Waals surface area (Å²) in [5, 5.41) is 11.3. The Hall–Kier alpha value is -1.79. The summed E-state index contributed by atoms with van der Waals surface area (Å²) in [6, 6.07) is 0.220. The summed E-state index contributed by atoms with van der Waals surface area (Å²) >= 11 is 1.72. The van der Waals surface area contributed by atoms with Crippen LogP contribution in [0, 0.1) is 6.92 Å². The first kappa shape index (κ1) is 14.2. The Kier molecular flexibility index (Phi) is 4.26. The van der Waals surface area contributed by atoms with Gasteiger partial charge in [-0.1, -0.05) is 6.92 Å². The summed E-state index contributed by atoms with van der Waals surface area (Å²) in [5.41, 5.74) is 3.33. The average Bonchev–Trinajstić information content (AvgIpc) is 3.09. The molecule has 0 aliphatic rings. The molecule has 0 aliphatic carbocycles. The minimum Gasteiger partial charge on any atom is -0.309 e. The molecule has 110 valence electrons. The second-order valence-corrected chi connectivity index (χ2v) is 6.04. The van der Waals surface area contributed by atoms with Crippen LogP contribution in [0.3, 0.4) is 0 Å². The number of fused-ring (bicyclic) bond motifs is 1. The summed E-state index contributed by atoms with van der Waals surface area (Å²) in [4.78, 5) is 8.80. The molecular formula is C15H19N5S. The predicted octanol–water partition coefficient (Wildman–Crippen LogP) is 2.78. The van der Waals surface area contributed by atoms with Gasteiger partial charge in [-0.25, -0.2) is 9.50 Å². The molecule has 3 aromatic rings. The van der Waals surface area contributed by atoms with E-state index in [1.54, 1.807) is 17.5 Å². The molecule has 5 nitrogen and oxygen atoms in total. The van der Waals surface area contributed by atoms with Gasteiger partial charge < -0.3 is 5.32 Å². The number of nitrogens with one attached hydrogen (secondary N) is 1. The van der Waals surface area contributed by atoms with E-state index in [0.29, 0.717) is 0 Å². The highest BCUT2D eigenvalue weighted by molar-refractivity contribution is 7.09. The first-order chi connectivity index (χ1) is 10.3. The Balaban J connectivity index is 1.91. The standard InChI is InChI=1S/C15H19N5S/c1-3-4-17-13(7-15-19-11(2)10-21-15)12-8-18-20-6-5-16-9-14(12)20/h5-6,8-10,13,17H,3-4,7H2,1-2H3. The number of hydrogen-bond donors (Lipinski definition) is 1. The Morgan fingerprint density at radius 3 is 3.05 bits per heavy atom. The third-order valence-corrected chi connectivity index (χ3v) is 4.41. The number of aryl methyl sites for hydroxylation is 1. The molecule has 1 atom stereocenters. The zero-order valence-electron chi connectivity index (χ0n) is 12.3. The van der Waals surface area contributed by atoms with Crippen molar-refractivity contribution in [3.63, 3.8) is 0 Å². The number of nitrogens with zero attached hydrogens (tertiary/aromatic N) is 4. The second kappa shape index (κ2) is 6.32. The quantitative estimate of drug-likeness (QED) is 0.760. The van der Waals surface area contributed by atoms with Crippen LogP contribution in [0.2, 0.25) is 0 Å². The van der Waals surface area contributed by atoms with E-state index in [9.17, 15) is 0 Å². The molecule has 0 amide bonds. The van der Waals surface area contributed by atoms with Crippen molar-refractivity contribution in [1.29, 1.82) is 0 Å². The number of hydrogen-bond acceptors (Lipinski definition) is 5. The predicted molar refractivity (Wildman–Crippen MR) is 84.6 cm³/mol. The van der Waals surface area contributed by atoms with Crippen molar-refractivity contribution in [2.24, 2.45) is 0 Å². The fraction of sp³-hybridized carbons (Fsp3) is 0.400. The minimum absolute atomic E-state index is 0.220. The van der Waals surface area contributed by atoms with E-state index in [-0.39, 0.29) is 6.04 Å². The van der Waals surface area contributed by atoms with Crippen LogP contribution in [0.5, 0.6) is 0 Å². The summed E-state index contributed by atoms with van der Waals surface area (Å²) < 4.78 is 1.87. The number of rotatable bonds is 6. The summed E-state index contributed by atoms with van der Waals surface area (Å²) in [7, 11) is 0. The molecule has 0 aromatic carbocycles. The van der Waals surface area contributed by atoms with Crippen molar-refractivity contribution >= 4 is 16.9 Å². The Labute approximate surface area is 128 Å². The Morgan fingerprint density at radius 2 is 2.29 bits per heavy atom. The van der Waals surface area contributed by atoms with Gasteiger partial charge in [-0.05, 0) is 19.9 Å². The maximum atomic E-state index is 4.58. The highest BCUT2D eigenvalue weighted by Crippen LogP contribution is 2.24. The smallest absolute Gasteiger partial charge is 0.0947 e. The largest absolute Gasteiger partial charge is 0.309 e. The lowest BCUT2D eigenvalue weighted by Crippen LogP contribution is -2.24. The summed E-state index contributed by atoms with van der Waals surface area (Å²) in [6.07, 6.45) is 9.42. The van der Waals surface area contributed by atoms with Gasteiger partial charge in [0, 0.05) is 41.5 Å². The molecule has 0 bridgehead atoms. The van der Waals surface area contributed by atoms with Gasteiger partial charge in [0.25, 0.3) is 0 Å². The second-order valence-electron chi connectivity index (χ2n) is 5.10. The topological polar surface area (TPSA) is 55.1 Å². The van der Waals surface area contributed by atoms with Crippen molar-refractivity contribution in [2.45, 2.75) is 32.7 Å². The molecule has 0 aliphatic heterocycles. The third kappa shape index (κ3) is 3.11. The molecule has 21 heavy (non-hydrogen) atoms. The van der Waals surface area contributed by atoms with Gasteiger partial charge in [0.05, 0.1) is 22.9 Å². The Bertz CT molecular complexity index is 718. The van der Waals surface area contributed by atoms with Gasteiger partial charge in [-0.3, -0.25) is 4.98 Å². The van der Waals surface area contributed by atoms with E-state index in [1.165, 1.54) is 5.56 Å². The maximum absolute atomic E-state index is 4.58. The molecule has 0 radical (unpaired) electrons. The van der Waals surface area contributed by atoms with E-state index < -0.39 is 0 Å². The molecule has 0 saturated carbocycles. The average molecular weight is 301 g/mol. The van der Waals surface area contributed by atoms with Crippen LogP contribution in [-0.4, -0.2) is 26.1 Å². The van der Waals surface area contributed by atoms with Crippen LogP contribution < -0.4 is 5.32 Å². The molecule has 6 heteroatoms. The molecule has 3 heterocycles. The zero-order valence-corrected chi connectivity index (χ0v) is 13.1. The Morgan fingerprint density at radius 1 is 1.38 bits per heavy atom. The molecule has 0 spiro atoms. The van der Waals surface area contributed by atoms with E-state index >= 15 is 0 Å². The minimum atomic E-state index is 0.220. The van der Waals surface area contributed by atoms with Gasteiger partial charge in [0.2, 0.25) is 0 Å². The molecule has 1 unspecified atom stereocenters. The SMILES string of the molecule is CCCNC(Cc1nc(C)cs1)c1cnn2ccncc12. The third-order valence-electron chi connectivity index (χ3n) is 3.42. The van der Waals surface area contributed by atoms with E-state index in [1.807, 2.05) is 30.0 Å². The molecule has 0 saturated heterocycles. The van der Waals surface area contributed by atoms with Crippen LogP contribution in [0.25, 0.3) is 5.52 Å². The van der Waals surface area contributed by atoms with Gasteiger partial charge in [0.1, 0.15) is 0 Å². The van der Waals surface area contributed by atoms with Crippen molar-refractivity contribution < 1.29 is 0 Å². The van der Waals surface area contributed by atoms with Crippen molar-refractivity contribution in [3.05, 3.63) is 46.4 Å². The van der Waals surface area contributed by atoms with Crippen LogP contribution >= 0.6 is 11.3 Å². The molecular weight excluding hydrogens is 282 g/mol. The van der Waals surface area contributed by atoms with Crippen LogP contribution in [0.15, 0.2) is 30.2 Å². The lowest BCUT2D eigenvalue weighted by atomic mass is 10.1. The zero-order chi connectivity index (χ0) is 14.7. The fourth-order valence-corrected chi connectivity index (χ4v) is 3.22. The first-order valence-electron chi connectivity index (χ1n) is 7.19. The van der Waals surface area contributed by atoms with Crippen molar-refractivity contribution in [3.8, 4) is 0 Å². The van der Waals surface area contributed by atoms with E-state index in [4.69, 9.17) is 0 Å². The fourth-order valence-electron chi connectivity index (χ4n) is 2.40.